The third-order valence-electron chi connectivity index (χ3n) is 6.10. The van der Waals surface area contributed by atoms with Crippen LogP contribution in [0.3, 0.4) is 0 Å². The van der Waals surface area contributed by atoms with E-state index in [1.54, 1.807) is 0 Å². The Bertz CT molecular complexity index is 227. The lowest BCUT2D eigenvalue weighted by atomic mass is 10.1. The van der Waals surface area contributed by atoms with Crippen molar-refractivity contribution in [2.75, 3.05) is 19.6 Å². The molecule has 0 atom stereocenters. The summed E-state index contributed by atoms with van der Waals surface area (Å²) in [6.07, 6.45) is 28.9. The van der Waals surface area contributed by atoms with Gasteiger partial charge in [0.2, 0.25) is 0 Å². The first kappa shape index (κ1) is 27.0. The highest BCUT2D eigenvalue weighted by Crippen LogP contribution is 2.12. The smallest absolute Gasteiger partial charge is 0.00189 e. The molecule has 0 fully saturated rings. The third-order valence-corrected chi connectivity index (χ3v) is 6.10. The van der Waals surface area contributed by atoms with Gasteiger partial charge in [0.15, 0.2) is 0 Å². The zero-order chi connectivity index (χ0) is 19.8. The largest absolute Gasteiger partial charge is 0.304 e. The van der Waals surface area contributed by atoms with E-state index in [1.807, 2.05) is 0 Å². The fraction of sp³-hybridized carbons (Fsp3) is 1.00. The summed E-state index contributed by atoms with van der Waals surface area (Å²) in [6.45, 7) is 10.9. The van der Waals surface area contributed by atoms with Gasteiger partial charge in [-0.25, -0.2) is 0 Å². The SMILES string of the molecule is CCCCCCCCCCCCN(CC)CCCCCCCCCCCC. The summed E-state index contributed by atoms with van der Waals surface area (Å²) in [7, 11) is 0. The van der Waals surface area contributed by atoms with Gasteiger partial charge in [0, 0.05) is 0 Å². The summed E-state index contributed by atoms with van der Waals surface area (Å²) in [6, 6.07) is 0. The lowest BCUT2D eigenvalue weighted by Crippen LogP contribution is -2.25. The Balaban J connectivity index is 3.28. The van der Waals surface area contributed by atoms with Crippen molar-refractivity contribution in [2.24, 2.45) is 0 Å². The van der Waals surface area contributed by atoms with Gasteiger partial charge in [-0.1, -0.05) is 136 Å². The highest BCUT2D eigenvalue weighted by atomic mass is 15.1. The van der Waals surface area contributed by atoms with Crippen LogP contribution in [0.15, 0.2) is 0 Å². The summed E-state index contributed by atoms with van der Waals surface area (Å²) in [5.74, 6) is 0. The Morgan fingerprint density at radius 1 is 0.333 bits per heavy atom. The quantitative estimate of drug-likeness (QED) is 0.159. The molecule has 0 aromatic heterocycles. The standard InChI is InChI=1S/C26H55N/c1-4-7-9-11-13-15-17-19-21-23-25-27(6-3)26-24-22-20-18-16-14-12-10-8-5-2/h4-26H2,1-3H3. The highest BCUT2D eigenvalue weighted by Gasteiger charge is 2.02. The first-order valence-corrected chi connectivity index (χ1v) is 13.1. The van der Waals surface area contributed by atoms with E-state index in [0.717, 1.165) is 0 Å². The average molecular weight is 382 g/mol. The van der Waals surface area contributed by atoms with Crippen LogP contribution in [0.25, 0.3) is 0 Å². The van der Waals surface area contributed by atoms with Gasteiger partial charge in [0.1, 0.15) is 0 Å². The topological polar surface area (TPSA) is 3.24 Å². The maximum atomic E-state index is 2.69. The molecule has 1 heteroatoms. The number of hydrogen-bond donors (Lipinski definition) is 0. The average Bonchev–Trinajstić information content (AvgIpc) is 2.69. The third kappa shape index (κ3) is 22.1. The van der Waals surface area contributed by atoms with Gasteiger partial charge in [-0.05, 0) is 32.5 Å². The highest BCUT2D eigenvalue weighted by molar-refractivity contribution is 4.57. The van der Waals surface area contributed by atoms with Gasteiger partial charge in [-0.3, -0.25) is 0 Å². The van der Waals surface area contributed by atoms with E-state index in [-0.39, 0.29) is 0 Å². The van der Waals surface area contributed by atoms with E-state index < -0.39 is 0 Å². The Kier molecular flexibility index (Phi) is 24.0. The molecule has 0 bridgehead atoms. The zero-order valence-electron chi connectivity index (χ0n) is 19.7. The van der Waals surface area contributed by atoms with Gasteiger partial charge in [-0.15, -0.1) is 0 Å². The fourth-order valence-electron chi connectivity index (χ4n) is 4.07. The molecule has 0 rings (SSSR count). The minimum Gasteiger partial charge on any atom is -0.304 e. The molecule has 0 radical (unpaired) electrons. The summed E-state index contributed by atoms with van der Waals surface area (Å²) >= 11 is 0. The lowest BCUT2D eigenvalue weighted by molar-refractivity contribution is 0.273. The van der Waals surface area contributed by atoms with Crippen LogP contribution < -0.4 is 0 Å². The van der Waals surface area contributed by atoms with Crippen LogP contribution in [-0.4, -0.2) is 24.5 Å². The predicted molar refractivity (Wildman–Crippen MR) is 126 cm³/mol. The zero-order valence-corrected chi connectivity index (χ0v) is 19.7. The van der Waals surface area contributed by atoms with Gasteiger partial charge < -0.3 is 4.90 Å². The van der Waals surface area contributed by atoms with Gasteiger partial charge >= 0.3 is 0 Å². The monoisotopic (exact) mass is 381 g/mol. The molecule has 0 aromatic carbocycles. The minimum absolute atomic E-state index is 1.24. The van der Waals surface area contributed by atoms with Crippen LogP contribution in [0, 0.1) is 0 Å². The van der Waals surface area contributed by atoms with Crippen molar-refractivity contribution in [3.63, 3.8) is 0 Å². The molecule has 164 valence electrons. The van der Waals surface area contributed by atoms with Crippen molar-refractivity contribution in [3.05, 3.63) is 0 Å². The van der Waals surface area contributed by atoms with Crippen molar-refractivity contribution in [1.29, 1.82) is 0 Å². The number of unbranched alkanes of at least 4 members (excludes halogenated alkanes) is 18. The van der Waals surface area contributed by atoms with Gasteiger partial charge in [0.05, 0.1) is 0 Å². The molecular formula is C26H55N. The first-order chi connectivity index (χ1) is 13.3. The second-order valence-corrected chi connectivity index (χ2v) is 8.80. The summed E-state index contributed by atoms with van der Waals surface area (Å²) < 4.78 is 0. The summed E-state index contributed by atoms with van der Waals surface area (Å²) in [5, 5.41) is 0. The van der Waals surface area contributed by atoms with Crippen LogP contribution in [0.2, 0.25) is 0 Å². The Hall–Kier alpha value is -0.0400. The van der Waals surface area contributed by atoms with Crippen molar-refractivity contribution in [1.82, 2.24) is 4.90 Å². The van der Waals surface area contributed by atoms with Crippen LogP contribution in [0.5, 0.6) is 0 Å². The van der Waals surface area contributed by atoms with Gasteiger partial charge in [0.25, 0.3) is 0 Å². The van der Waals surface area contributed by atoms with Crippen LogP contribution in [0.1, 0.15) is 149 Å². The number of rotatable bonds is 23. The Morgan fingerprint density at radius 3 is 0.852 bits per heavy atom. The molecule has 0 aromatic rings. The lowest BCUT2D eigenvalue weighted by Gasteiger charge is -2.20. The van der Waals surface area contributed by atoms with E-state index >= 15 is 0 Å². The predicted octanol–water partition coefficient (Wildman–Crippen LogP) is 9.15. The molecule has 0 heterocycles. The summed E-state index contributed by atoms with van der Waals surface area (Å²) in [4.78, 5) is 2.69. The molecule has 0 saturated carbocycles. The van der Waals surface area contributed by atoms with Gasteiger partial charge in [-0.2, -0.15) is 0 Å². The van der Waals surface area contributed by atoms with Crippen molar-refractivity contribution in [3.8, 4) is 0 Å². The molecule has 0 aliphatic rings. The van der Waals surface area contributed by atoms with Crippen LogP contribution >= 0.6 is 0 Å². The maximum Gasteiger partial charge on any atom is -0.00189 e. The summed E-state index contributed by atoms with van der Waals surface area (Å²) in [5.41, 5.74) is 0. The molecule has 0 aliphatic carbocycles. The number of nitrogens with zero attached hydrogens (tertiary/aromatic N) is 1. The van der Waals surface area contributed by atoms with Crippen molar-refractivity contribution < 1.29 is 0 Å². The van der Waals surface area contributed by atoms with E-state index in [0.29, 0.717) is 0 Å². The molecule has 0 saturated heterocycles. The van der Waals surface area contributed by atoms with E-state index in [4.69, 9.17) is 0 Å². The molecule has 0 unspecified atom stereocenters. The van der Waals surface area contributed by atoms with Crippen molar-refractivity contribution in [2.45, 2.75) is 149 Å². The Labute approximate surface area is 174 Å². The first-order valence-electron chi connectivity index (χ1n) is 13.1. The minimum atomic E-state index is 1.24. The normalized spacial score (nSPS) is 11.6. The van der Waals surface area contributed by atoms with E-state index in [9.17, 15) is 0 Å². The van der Waals surface area contributed by atoms with E-state index in [2.05, 4.69) is 25.7 Å². The van der Waals surface area contributed by atoms with Crippen LogP contribution in [0.4, 0.5) is 0 Å². The second kappa shape index (κ2) is 24.0. The number of hydrogen-bond acceptors (Lipinski definition) is 1. The maximum absolute atomic E-state index is 2.69. The van der Waals surface area contributed by atoms with Crippen LogP contribution in [-0.2, 0) is 0 Å². The Morgan fingerprint density at radius 2 is 0.593 bits per heavy atom. The molecule has 0 N–H and O–H groups in total. The fourth-order valence-corrected chi connectivity index (χ4v) is 4.07. The molecule has 27 heavy (non-hydrogen) atoms. The molecule has 0 amide bonds. The van der Waals surface area contributed by atoms with E-state index in [1.165, 1.54) is 148 Å². The second-order valence-electron chi connectivity index (χ2n) is 8.80. The molecule has 0 spiro atoms. The molecule has 1 nitrogen and oxygen atoms in total. The van der Waals surface area contributed by atoms with Crippen molar-refractivity contribution >= 4 is 0 Å². The molecular weight excluding hydrogens is 326 g/mol. The molecule has 0 aliphatic heterocycles.